The van der Waals surface area contributed by atoms with Gasteiger partial charge in [0.25, 0.3) is 0 Å². The first-order chi connectivity index (χ1) is 8.66. The van der Waals surface area contributed by atoms with Crippen LogP contribution in [0.3, 0.4) is 0 Å². The Morgan fingerprint density at radius 3 is 3.06 bits per heavy atom. The molecule has 2 heterocycles. The molecule has 6 nitrogen and oxygen atoms in total. The minimum atomic E-state index is 0.270. The molecule has 0 aliphatic heterocycles. The molecule has 94 valence electrons. The van der Waals surface area contributed by atoms with Crippen LogP contribution in [0.1, 0.15) is 17.4 Å². The lowest BCUT2D eigenvalue weighted by Crippen LogP contribution is -2.16. The highest BCUT2D eigenvalue weighted by molar-refractivity contribution is 7.80. The van der Waals surface area contributed by atoms with Crippen LogP contribution in [-0.4, -0.2) is 26.7 Å². The first kappa shape index (κ1) is 12.4. The highest BCUT2D eigenvalue weighted by Gasteiger charge is 2.06. The minimum absolute atomic E-state index is 0.270. The number of nitrogens with zero attached hydrogens (tertiary/aromatic N) is 3. The van der Waals surface area contributed by atoms with E-state index in [4.69, 9.17) is 22.5 Å². The number of rotatable bonds is 5. The third kappa shape index (κ3) is 3.01. The van der Waals surface area contributed by atoms with Crippen LogP contribution in [-0.2, 0) is 6.42 Å². The average molecular weight is 263 g/mol. The Bertz CT molecular complexity index is 554. The number of aryl methyl sites for hydroxylation is 1. The van der Waals surface area contributed by atoms with Crippen molar-refractivity contribution in [2.24, 2.45) is 5.73 Å². The van der Waals surface area contributed by atoms with Crippen molar-refractivity contribution in [3.05, 3.63) is 35.7 Å². The molecule has 2 aromatic rings. The van der Waals surface area contributed by atoms with Crippen LogP contribution in [0, 0.1) is 6.92 Å². The zero-order chi connectivity index (χ0) is 13.0. The molecule has 0 aromatic carbocycles. The van der Waals surface area contributed by atoms with Gasteiger partial charge >= 0.3 is 0 Å². The number of pyridine rings is 1. The zero-order valence-electron chi connectivity index (χ0n) is 9.88. The number of hydrogen-bond acceptors (Lipinski definition) is 6. The Balaban J connectivity index is 1.96. The lowest BCUT2D eigenvalue weighted by molar-refractivity contribution is 0.377. The highest BCUT2D eigenvalue weighted by atomic mass is 32.1. The summed E-state index contributed by atoms with van der Waals surface area (Å²) in [7, 11) is 0. The summed E-state index contributed by atoms with van der Waals surface area (Å²) in [4.78, 5) is 8.51. The molecule has 0 fully saturated rings. The van der Waals surface area contributed by atoms with Crippen molar-refractivity contribution >= 4 is 22.9 Å². The number of anilines is 1. The van der Waals surface area contributed by atoms with Crippen LogP contribution >= 0.6 is 12.2 Å². The Morgan fingerprint density at radius 1 is 1.56 bits per heavy atom. The molecule has 0 spiro atoms. The lowest BCUT2D eigenvalue weighted by Gasteiger charge is -2.08. The van der Waals surface area contributed by atoms with E-state index in [1.54, 1.807) is 13.1 Å². The second kappa shape index (κ2) is 5.54. The minimum Gasteiger partial charge on any atom is -0.388 e. The maximum Gasteiger partial charge on any atom is 0.228 e. The zero-order valence-corrected chi connectivity index (χ0v) is 10.7. The number of thiocarbonyl (C=S) groups is 1. The van der Waals surface area contributed by atoms with Gasteiger partial charge in [0.05, 0.1) is 5.69 Å². The van der Waals surface area contributed by atoms with Crippen molar-refractivity contribution in [2.45, 2.75) is 13.3 Å². The molecule has 0 aliphatic rings. The largest absolute Gasteiger partial charge is 0.388 e. The summed E-state index contributed by atoms with van der Waals surface area (Å²) in [6.45, 7) is 2.43. The van der Waals surface area contributed by atoms with Gasteiger partial charge in [0.2, 0.25) is 5.89 Å². The fraction of sp³-hybridized carbons (Fsp3) is 0.273. The van der Waals surface area contributed by atoms with Crippen LogP contribution in [0.15, 0.2) is 22.9 Å². The molecule has 0 radical (unpaired) electrons. The summed E-state index contributed by atoms with van der Waals surface area (Å²) in [5.41, 5.74) is 6.99. The Labute approximate surface area is 110 Å². The topological polar surface area (TPSA) is 89.9 Å². The SMILES string of the molecule is Cc1noc(CCNc2cccnc2C(N)=S)n1. The van der Waals surface area contributed by atoms with E-state index in [1.807, 2.05) is 12.1 Å². The molecule has 0 amide bonds. The third-order valence-electron chi connectivity index (χ3n) is 2.27. The van der Waals surface area contributed by atoms with E-state index in [2.05, 4.69) is 20.4 Å². The Hall–Kier alpha value is -2.02. The van der Waals surface area contributed by atoms with E-state index in [-0.39, 0.29) is 4.99 Å². The normalized spacial score (nSPS) is 10.3. The van der Waals surface area contributed by atoms with E-state index < -0.39 is 0 Å². The van der Waals surface area contributed by atoms with Gasteiger partial charge in [-0.05, 0) is 19.1 Å². The van der Waals surface area contributed by atoms with Crippen LogP contribution in [0.5, 0.6) is 0 Å². The van der Waals surface area contributed by atoms with Gasteiger partial charge < -0.3 is 15.6 Å². The van der Waals surface area contributed by atoms with Crippen molar-refractivity contribution in [3.8, 4) is 0 Å². The molecule has 3 N–H and O–H groups in total. The molecule has 2 aromatic heterocycles. The van der Waals surface area contributed by atoms with Gasteiger partial charge in [0.15, 0.2) is 5.82 Å². The Morgan fingerprint density at radius 2 is 2.39 bits per heavy atom. The summed E-state index contributed by atoms with van der Waals surface area (Å²) >= 11 is 4.93. The van der Waals surface area contributed by atoms with Crippen molar-refractivity contribution < 1.29 is 4.52 Å². The number of hydrogen-bond donors (Lipinski definition) is 2. The molecule has 0 saturated heterocycles. The van der Waals surface area contributed by atoms with Crippen molar-refractivity contribution in [3.63, 3.8) is 0 Å². The van der Waals surface area contributed by atoms with Gasteiger partial charge in [-0.3, -0.25) is 4.98 Å². The van der Waals surface area contributed by atoms with E-state index in [0.717, 1.165) is 5.69 Å². The fourth-order valence-electron chi connectivity index (χ4n) is 1.49. The van der Waals surface area contributed by atoms with Crippen LogP contribution in [0.4, 0.5) is 5.69 Å². The maximum absolute atomic E-state index is 5.59. The van der Waals surface area contributed by atoms with Crippen molar-refractivity contribution in [1.29, 1.82) is 0 Å². The molecule has 7 heteroatoms. The molecule has 0 unspecified atom stereocenters. The number of nitrogens with one attached hydrogen (secondary N) is 1. The quantitative estimate of drug-likeness (QED) is 0.779. The van der Waals surface area contributed by atoms with Crippen molar-refractivity contribution in [2.75, 3.05) is 11.9 Å². The summed E-state index contributed by atoms with van der Waals surface area (Å²) in [5, 5.41) is 6.92. The first-order valence-electron chi connectivity index (χ1n) is 5.44. The molecular formula is C11H13N5OS. The number of nitrogens with two attached hydrogens (primary N) is 1. The lowest BCUT2D eigenvalue weighted by atomic mass is 10.3. The van der Waals surface area contributed by atoms with E-state index in [9.17, 15) is 0 Å². The van der Waals surface area contributed by atoms with Gasteiger partial charge in [-0.25, -0.2) is 0 Å². The molecule has 0 atom stereocenters. The number of aromatic nitrogens is 3. The molecular weight excluding hydrogens is 250 g/mol. The van der Waals surface area contributed by atoms with Crippen LogP contribution in [0.2, 0.25) is 0 Å². The van der Waals surface area contributed by atoms with Crippen LogP contribution in [0.25, 0.3) is 0 Å². The smallest absolute Gasteiger partial charge is 0.228 e. The predicted octanol–water partition coefficient (Wildman–Crippen LogP) is 1.06. The average Bonchev–Trinajstić information content (AvgIpc) is 2.75. The second-order valence-electron chi connectivity index (χ2n) is 3.68. The Kier molecular flexibility index (Phi) is 3.83. The molecule has 2 rings (SSSR count). The monoisotopic (exact) mass is 263 g/mol. The van der Waals surface area contributed by atoms with E-state index in [0.29, 0.717) is 30.4 Å². The van der Waals surface area contributed by atoms with E-state index >= 15 is 0 Å². The summed E-state index contributed by atoms with van der Waals surface area (Å²) in [6.07, 6.45) is 2.29. The standard InChI is InChI=1S/C11H13N5OS/c1-7-15-9(17-16-7)4-6-13-8-3-2-5-14-10(8)11(12)18/h2-3,5,13H,4,6H2,1H3,(H2,12,18). The maximum atomic E-state index is 5.59. The van der Waals surface area contributed by atoms with Gasteiger partial charge in [0, 0.05) is 19.2 Å². The van der Waals surface area contributed by atoms with Crippen molar-refractivity contribution in [1.82, 2.24) is 15.1 Å². The third-order valence-corrected chi connectivity index (χ3v) is 2.46. The molecule has 0 bridgehead atoms. The summed E-state index contributed by atoms with van der Waals surface area (Å²) in [6, 6.07) is 3.70. The van der Waals surface area contributed by atoms with Gasteiger partial charge in [-0.15, -0.1) is 0 Å². The fourth-order valence-corrected chi connectivity index (χ4v) is 1.65. The summed E-state index contributed by atoms with van der Waals surface area (Å²) < 4.78 is 5.01. The first-order valence-corrected chi connectivity index (χ1v) is 5.85. The van der Waals surface area contributed by atoms with E-state index in [1.165, 1.54) is 0 Å². The van der Waals surface area contributed by atoms with Gasteiger partial charge in [-0.2, -0.15) is 4.98 Å². The summed E-state index contributed by atoms with van der Waals surface area (Å²) in [5.74, 6) is 1.23. The second-order valence-corrected chi connectivity index (χ2v) is 4.12. The van der Waals surface area contributed by atoms with Crippen LogP contribution < -0.4 is 11.1 Å². The predicted molar refractivity (Wildman–Crippen MR) is 71.4 cm³/mol. The molecule has 0 saturated carbocycles. The molecule has 18 heavy (non-hydrogen) atoms. The van der Waals surface area contributed by atoms with Gasteiger partial charge in [-0.1, -0.05) is 17.4 Å². The molecule has 0 aliphatic carbocycles. The highest BCUT2D eigenvalue weighted by Crippen LogP contribution is 2.11. The van der Waals surface area contributed by atoms with Gasteiger partial charge in [0.1, 0.15) is 10.7 Å².